The average Bonchev–Trinajstić information content (AvgIpc) is 2.91. The molecule has 3 aromatic rings. The Morgan fingerprint density at radius 1 is 0.921 bits per heavy atom. The molecule has 0 aromatic heterocycles. The number of halogens is 1. The SMILES string of the molecule is CCCCOc1cc(C(=O)OCCN(CC)CC)ccc1NC(=O)[C@H](C)Cc1ccc2ccccc2c1.Cl. The first-order valence-electron chi connectivity index (χ1n) is 13.4. The number of nitrogens with zero attached hydrogens (tertiary/aromatic N) is 1. The zero-order chi connectivity index (χ0) is 26.6. The molecule has 0 saturated carbocycles. The molecule has 0 unspecified atom stereocenters. The lowest BCUT2D eigenvalue weighted by atomic mass is 9.97. The number of anilines is 1. The van der Waals surface area contributed by atoms with Crippen LogP contribution >= 0.6 is 12.4 Å². The molecule has 0 saturated heterocycles. The van der Waals surface area contributed by atoms with Crippen molar-refractivity contribution in [3.8, 4) is 5.75 Å². The van der Waals surface area contributed by atoms with Crippen LogP contribution in [0.5, 0.6) is 5.75 Å². The van der Waals surface area contributed by atoms with Gasteiger partial charge in [0.15, 0.2) is 0 Å². The van der Waals surface area contributed by atoms with Crippen LogP contribution in [0.2, 0.25) is 0 Å². The van der Waals surface area contributed by atoms with Crippen LogP contribution in [0.4, 0.5) is 5.69 Å². The van der Waals surface area contributed by atoms with Crippen molar-refractivity contribution in [3.05, 3.63) is 71.8 Å². The van der Waals surface area contributed by atoms with Gasteiger partial charge in [-0.25, -0.2) is 4.79 Å². The standard InChI is InChI=1S/C31H40N2O4.ClH/c1-5-8-18-36-29-22-27(31(35)37-19-17-33(6-2)7-3)15-16-28(29)32-30(34)23(4)20-24-13-14-25-11-9-10-12-26(25)21-24;/h9-16,21-23H,5-8,17-20H2,1-4H3,(H,32,34);1H/t23-;/m1./s1. The molecule has 1 atom stereocenters. The van der Waals surface area contributed by atoms with E-state index in [2.05, 4.69) is 61.3 Å². The van der Waals surface area contributed by atoms with Gasteiger partial charge in [-0.15, -0.1) is 12.4 Å². The molecule has 206 valence electrons. The molecule has 38 heavy (non-hydrogen) atoms. The topological polar surface area (TPSA) is 67.9 Å². The molecule has 0 fully saturated rings. The second-order valence-electron chi connectivity index (χ2n) is 9.35. The van der Waals surface area contributed by atoms with Crippen molar-refractivity contribution in [1.82, 2.24) is 4.90 Å². The van der Waals surface area contributed by atoms with Crippen LogP contribution in [0.1, 0.15) is 56.5 Å². The Morgan fingerprint density at radius 3 is 2.37 bits per heavy atom. The fourth-order valence-electron chi connectivity index (χ4n) is 4.16. The van der Waals surface area contributed by atoms with E-state index in [4.69, 9.17) is 9.47 Å². The average molecular weight is 541 g/mol. The number of hydrogen-bond donors (Lipinski definition) is 1. The highest BCUT2D eigenvalue weighted by atomic mass is 35.5. The van der Waals surface area contributed by atoms with Crippen LogP contribution in [0.15, 0.2) is 60.7 Å². The second-order valence-corrected chi connectivity index (χ2v) is 9.35. The molecule has 3 aromatic carbocycles. The van der Waals surface area contributed by atoms with E-state index in [-0.39, 0.29) is 24.2 Å². The third-order valence-electron chi connectivity index (χ3n) is 6.57. The van der Waals surface area contributed by atoms with Gasteiger partial charge in [-0.2, -0.15) is 0 Å². The molecule has 0 spiro atoms. The molecule has 0 heterocycles. The summed E-state index contributed by atoms with van der Waals surface area (Å²) in [7, 11) is 0. The summed E-state index contributed by atoms with van der Waals surface area (Å²) in [6, 6.07) is 19.6. The van der Waals surface area contributed by atoms with Crippen molar-refractivity contribution in [2.24, 2.45) is 5.92 Å². The first-order chi connectivity index (χ1) is 17.9. The van der Waals surface area contributed by atoms with E-state index in [1.807, 2.05) is 19.1 Å². The first-order valence-corrected chi connectivity index (χ1v) is 13.4. The van der Waals surface area contributed by atoms with Crippen molar-refractivity contribution in [1.29, 1.82) is 0 Å². The van der Waals surface area contributed by atoms with Crippen LogP contribution in [0.3, 0.4) is 0 Å². The number of likely N-dealkylation sites (N-methyl/N-ethyl adjacent to an activating group) is 1. The maximum atomic E-state index is 13.1. The maximum absolute atomic E-state index is 13.1. The number of ether oxygens (including phenoxy) is 2. The Hall–Kier alpha value is -3.09. The van der Waals surface area contributed by atoms with Gasteiger partial charge in [0.2, 0.25) is 5.91 Å². The lowest BCUT2D eigenvalue weighted by Crippen LogP contribution is -2.28. The zero-order valence-electron chi connectivity index (χ0n) is 23.0. The highest BCUT2D eigenvalue weighted by Crippen LogP contribution is 2.28. The minimum Gasteiger partial charge on any atom is -0.491 e. The van der Waals surface area contributed by atoms with Crippen molar-refractivity contribution in [2.75, 3.05) is 38.2 Å². The van der Waals surface area contributed by atoms with Crippen molar-refractivity contribution >= 4 is 40.7 Å². The van der Waals surface area contributed by atoms with E-state index in [0.717, 1.165) is 31.5 Å². The van der Waals surface area contributed by atoms with E-state index >= 15 is 0 Å². The minimum atomic E-state index is -0.393. The fourth-order valence-corrected chi connectivity index (χ4v) is 4.16. The van der Waals surface area contributed by atoms with Gasteiger partial charge in [0, 0.05) is 12.5 Å². The number of carbonyl (C=O) groups excluding carboxylic acids is 2. The molecule has 0 bridgehead atoms. The molecule has 6 nitrogen and oxygen atoms in total. The molecule has 3 rings (SSSR count). The molecule has 1 N–H and O–H groups in total. The Bertz CT molecular complexity index is 1180. The van der Waals surface area contributed by atoms with E-state index in [9.17, 15) is 9.59 Å². The molecule has 0 aliphatic rings. The van der Waals surface area contributed by atoms with Gasteiger partial charge < -0.3 is 19.7 Å². The maximum Gasteiger partial charge on any atom is 0.338 e. The fraction of sp³-hybridized carbons (Fsp3) is 0.419. The number of unbranched alkanes of at least 4 members (excludes halogenated alkanes) is 1. The minimum absolute atomic E-state index is 0. The summed E-state index contributed by atoms with van der Waals surface area (Å²) in [4.78, 5) is 27.9. The summed E-state index contributed by atoms with van der Waals surface area (Å²) >= 11 is 0. The Morgan fingerprint density at radius 2 is 1.66 bits per heavy atom. The van der Waals surface area contributed by atoms with Gasteiger partial charge in [-0.1, -0.05) is 76.6 Å². The quantitative estimate of drug-likeness (QED) is 0.181. The van der Waals surface area contributed by atoms with Gasteiger partial charge in [0.25, 0.3) is 0 Å². The molecular weight excluding hydrogens is 500 g/mol. The van der Waals surface area contributed by atoms with Crippen LogP contribution in [-0.4, -0.2) is 49.6 Å². The molecular formula is C31H41ClN2O4. The highest BCUT2D eigenvalue weighted by Gasteiger charge is 2.18. The van der Waals surface area contributed by atoms with Crippen LogP contribution < -0.4 is 10.1 Å². The van der Waals surface area contributed by atoms with E-state index in [0.29, 0.717) is 43.2 Å². The summed E-state index contributed by atoms with van der Waals surface area (Å²) in [5.74, 6) is -0.245. The smallest absolute Gasteiger partial charge is 0.338 e. The summed E-state index contributed by atoms with van der Waals surface area (Å²) in [6.45, 7) is 11.5. The van der Waals surface area contributed by atoms with Crippen molar-refractivity contribution < 1.29 is 19.1 Å². The van der Waals surface area contributed by atoms with Gasteiger partial charge in [-0.05, 0) is 60.5 Å². The van der Waals surface area contributed by atoms with E-state index in [1.165, 1.54) is 10.8 Å². The number of esters is 1. The van der Waals surface area contributed by atoms with Crippen LogP contribution in [-0.2, 0) is 16.0 Å². The number of rotatable bonds is 14. The number of benzene rings is 3. The lowest BCUT2D eigenvalue weighted by molar-refractivity contribution is -0.119. The van der Waals surface area contributed by atoms with Gasteiger partial charge >= 0.3 is 5.97 Å². The third-order valence-corrected chi connectivity index (χ3v) is 6.57. The predicted molar refractivity (Wildman–Crippen MR) is 158 cm³/mol. The van der Waals surface area contributed by atoms with E-state index < -0.39 is 5.97 Å². The number of fused-ring (bicyclic) bond motifs is 1. The van der Waals surface area contributed by atoms with Gasteiger partial charge in [-0.3, -0.25) is 4.79 Å². The first kappa shape index (κ1) is 31.1. The largest absolute Gasteiger partial charge is 0.491 e. The van der Waals surface area contributed by atoms with Crippen molar-refractivity contribution in [3.63, 3.8) is 0 Å². The number of hydrogen-bond acceptors (Lipinski definition) is 5. The summed E-state index contributed by atoms with van der Waals surface area (Å²) in [5.41, 5.74) is 2.09. The highest BCUT2D eigenvalue weighted by molar-refractivity contribution is 5.96. The molecule has 0 aliphatic carbocycles. The molecule has 0 radical (unpaired) electrons. The number of carbonyl (C=O) groups is 2. The Kier molecular flexibility index (Phi) is 13.1. The van der Waals surface area contributed by atoms with Gasteiger partial charge in [0.1, 0.15) is 12.4 Å². The van der Waals surface area contributed by atoms with Crippen LogP contribution in [0.25, 0.3) is 10.8 Å². The number of nitrogens with one attached hydrogen (secondary N) is 1. The lowest BCUT2D eigenvalue weighted by Gasteiger charge is -2.18. The Balaban J connectivity index is 0.00000507. The molecule has 7 heteroatoms. The normalized spacial score (nSPS) is 11.6. The second kappa shape index (κ2) is 16.0. The van der Waals surface area contributed by atoms with Crippen molar-refractivity contribution in [2.45, 2.75) is 47.0 Å². The van der Waals surface area contributed by atoms with Crippen LogP contribution in [0, 0.1) is 5.92 Å². The molecule has 0 aliphatic heterocycles. The third kappa shape index (κ3) is 9.03. The van der Waals surface area contributed by atoms with Gasteiger partial charge in [0.05, 0.1) is 17.9 Å². The van der Waals surface area contributed by atoms with E-state index in [1.54, 1.807) is 18.2 Å². The number of amides is 1. The zero-order valence-corrected chi connectivity index (χ0v) is 23.8. The summed E-state index contributed by atoms with van der Waals surface area (Å²) in [5, 5.41) is 5.36. The summed E-state index contributed by atoms with van der Waals surface area (Å²) < 4.78 is 11.4. The monoisotopic (exact) mass is 540 g/mol. The predicted octanol–water partition coefficient (Wildman–Crippen LogP) is 6.76. The summed E-state index contributed by atoms with van der Waals surface area (Å²) in [6.07, 6.45) is 2.49. The molecule has 1 amide bonds. The Labute approximate surface area is 233 Å².